The van der Waals surface area contributed by atoms with Gasteiger partial charge in [-0.05, 0) is 73.7 Å². The first-order valence-corrected chi connectivity index (χ1v) is 10.7. The quantitative estimate of drug-likeness (QED) is 0.626. The van der Waals surface area contributed by atoms with Crippen LogP contribution >= 0.6 is 0 Å². The first-order chi connectivity index (χ1) is 15.1. The topological polar surface area (TPSA) is 63.7 Å². The number of carbonyl (C=O) groups excluding carboxylic acids is 1. The summed E-state index contributed by atoms with van der Waals surface area (Å²) in [7, 11) is 3.18. The number of methoxy groups -OCH3 is 2. The number of rotatable bonds is 6. The first-order valence-electron chi connectivity index (χ1n) is 10.7. The van der Waals surface area contributed by atoms with E-state index in [1.807, 2.05) is 36.4 Å². The number of piperidine rings is 1. The predicted octanol–water partition coefficient (Wildman–Crippen LogP) is 4.73. The van der Waals surface area contributed by atoms with Gasteiger partial charge in [-0.1, -0.05) is 6.07 Å². The smallest absolute Gasteiger partial charge is 0.228 e. The minimum absolute atomic E-state index is 0.0814. The van der Waals surface area contributed by atoms with E-state index in [4.69, 9.17) is 14.5 Å². The molecule has 0 unspecified atom stereocenters. The molecule has 1 aromatic heterocycles. The molecular formula is C25H29N3O3. The summed E-state index contributed by atoms with van der Waals surface area (Å²) in [4.78, 5) is 19.9. The van der Waals surface area contributed by atoms with Gasteiger partial charge in [0.1, 0.15) is 5.82 Å². The Hall–Kier alpha value is -3.28. The number of pyridine rings is 1. The zero-order valence-electron chi connectivity index (χ0n) is 18.4. The number of aromatic nitrogens is 1. The van der Waals surface area contributed by atoms with Crippen LogP contribution in [-0.2, 0) is 11.2 Å². The van der Waals surface area contributed by atoms with Crippen molar-refractivity contribution in [2.24, 2.45) is 0 Å². The molecule has 1 fully saturated rings. The van der Waals surface area contributed by atoms with E-state index in [0.717, 1.165) is 41.1 Å². The summed E-state index contributed by atoms with van der Waals surface area (Å²) in [5.41, 5.74) is 3.76. The highest BCUT2D eigenvalue weighted by Gasteiger charge is 2.14. The molecule has 0 atom stereocenters. The Balaban J connectivity index is 1.49. The molecule has 1 aliphatic heterocycles. The van der Waals surface area contributed by atoms with Crippen molar-refractivity contribution in [3.63, 3.8) is 0 Å². The number of amides is 1. The second-order valence-corrected chi connectivity index (χ2v) is 7.99. The molecule has 1 amide bonds. The molecule has 0 spiro atoms. The number of hydrogen-bond donors (Lipinski definition) is 1. The molecular weight excluding hydrogens is 390 g/mol. The van der Waals surface area contributed by atoms with Gasteiger partial charge in [0, 0.05) is 24.2 Å². The lowest BCUT2D eigenvalue weighted by molar-refractivity contribution is -0.115. The zero-order chi connectivity index (χ0) is 21.8. The van der Waals surface area contributed by atoms with Crippen molar-refractivity contribution < 1.29 is 14.3 Å². The fourth-order valence-corrected chi connectivity index (χ4v) is 4.12. The average molecular weight is 420 g/mol. The van der Waals surface area contributed by atoms with E-state index >= 15 is 0 Å². The maximum absolute atomic E-state index is 12.6. The fraction of sp³-hybridized carbons (Fsp3) is 0.360. The van der Waals surface area contributed by atoms with E-state index in [-0.39, 0.29) is 12.3 Å². The highest BCUT2D eigenvalue weighted by atomic mass is 16.5. The van der Waals surface area contributed by atoms with E-state index in [2.05, 4.69) is 23.2 Å². The van der Waals surface area contributed by atoms with E-state index in [9.17, 15) is 4.79 Å². The van der Waals surface area contributed by atoms with Crippen LogP contribution in [0, 0.1) is 6.92 Å². The van der Waals surface area contributed by atoms with Crippen molar-refractivity contribution in [2.45, 2.75) is 32.6 Å². The molecule has 162 valence electrons. The Morgan fingerprint density at radius 2 is 1.77 bits per heavy atom. The van der Waals surface area contributed by atoms with Crippen LogP contribution in [0.5, 0.6) is 11.5 Å². The fourth-order valence-electron chi connectivity index (χ4n) is 4.12. The lowest BCUT2D eigenvalue weighted by atomic mass is 10.1. The largest absolute Gasteiger partial charge is 0.493 e. The predicted molar refractivity (Wildman–Crippen MR) is 124 cm³/mol. The molecule has 1 N–H and O–H groups in total. The summed E-state index contributed by atoms with van der Waals surface area (Å²) < 4.78 is 10.6. The van der Waals surface area contributed by atoms with E-state index < -0.39 is 0 Å². The molecule has 1 aliphatic rings. The Labute approximate surface area is 183 Å². The van der Waals surface area contributed by atoms with Crippen LogP contribution in [0.3, 0.4) is 0 Å². The molecule has 0 radical (unpaired) electrons. The third kappa shape index (κ3) is 4.74. The van der Waals surface area contributed by atoms with Gasteiger partial charge in [0.15, 0.2) is 11.5 Å². The number of anilines is 2. The molecule has 1 saturated heterocycles. The Kier molecular flexibility index (Phi) is 6.26. The van der Waals surface area contributed by atoms with Crippen molar-refractivity contribution >= 4 is 28.3 Å². The third-order valence-corrected chi connectivity index (χ3v) is 5.78. The van der Waals surface area contributed by atoms with Gasteiger partial charge >= 0.3 is 0 Å². The molecule has 0 saturated carbocycles. The van der Waals surface area contributed by atoms with E-state index in [1.54, 1.807) is 14.2 Å². The van der Waals surface area contributed by atoms with Crippen molar-refractivity contribution in [3.05, 3.63) is 53.6 Å². The second kappa shape index (κ2) is 9.25. The van der Waals surface area contributed by atoms with E-state index in [0.29, 0.717) is 11.5 Å². The molecule has 0 bridgehead atoms. The molecule has 4 rings (SSSR count). The van der Waals surface area contributed by atoms with Crippen molar-refractivity contribution in [3.8, 4) is 11.5 Å². The van der Waals surface area contributed by atoms with Crippen molar-refractivity contribution in [2.75, 3.05) is 37.5 Å². The van der Waals surface area contributed by atoms with Gasteiger partial charge in [-0.2, -0.15) is 0 Å². The summed E-state index contributed by atoms with van der Waals surface area (Å²) >= 11 is 0. The number of carbonyl (C=O) groups is 1. The van der Waals surface area contributed by atoms with Gasteiger partial charge in [0.05, 0.1) is 26.2 Å². The average Bonchev–Trinajstić information content (AvgIpc) is 2.79. The van der Waals surface area contributed by atoms with Crippen LogP contribution in [-0.4, -0.2) is 38.2 Å². The third-order valence-electron chi connectivity index (χ3n) is 5.78. The van der Waals surface area contributed by atoms with E-state index in [1.165, 1.54) is 24.8 Å². The highest BCUT2D eigenvalue weighted by molar-refractivity contribution is 5.95. The van der Waals surface area contributed by atoms with Crippen LogP contribution < -0.4 is 19.7 Å². The zero-order valence-corrected chi connectivity index (χ0v) is 18.4. The number of benzene rings is 2. The Morgan fingerprint density at radius 3 is 2.52 bits per heavy atom. The summed E-state index contributed by atoms with van der Waals surface area (Å²) in [5, 5.41) is 4.06. The molecule has 6 nitrogen and oxygen atoms in total. The van der Waals surface area contributed by atoms with Gasteiger partial charge in [0.25, 0.3) is 0 Å². The van der Waals surface area contributed by atoms with Gasteiger partial charge < -0.3 is 19.7 Å². The summed E-state index contributed by atoms with van der Waals surface area (Å²) in [6.45, 7) is 4.25. The lowest BCUT2D eigenvalue weighted by Gasteiger charge is -2.28. The normalized spacial score (nSPS) is 13.8. The SMILES string of the molecule is COc1ccc(CC(=O)Nc2ccc3nc(N4CCCCC4)cc(C)c3c2)cc1OC. The van der Waals surface area contributed by atoms with Gasteiger partial charge in [-0.25, -0.2) is 4.98 Å². The molecule has 3 aromatic rings. The van der Waals surface area contributed by atoms with Gasteiger partial charge in [-0.15, -0.1) is 0 Å². The second-order valence-electron chi connectivity index (χ2n) is 7.99. The molecule has 2 heterocycles. The highest BCUT2D eigenvalue weighted by Crippen LogP contribution is 2.29. The minimum Gasteiger partial charge on any atom is -0.493 e. The molecule has 0 aliphatic carbocycles. The molecule has 31 heavy (non-hydrogen) atoms. The molecule has 2 aromatic carbocycles. The number of aryl methyl sites for hydroxylation is 1. The summed E-state index contributed by atoms with van der Waals surface area (Å²) in [5.74, 6) is 2.23. The minimum atomic E-state index is -0.0814. The lowest BCUT2D eigenvalue weighted by Crippen LogP contribution is -2.30. The van der Waals surface area contributed by atoms with Crippen LogP contribution in [0.15, 0.2) is 42.5 Å². The number of fused-ring (bicyclic) bond motifs is 1. The monoisotopic (exact) mass is 419 g/mol. The van der Waals surface area contributed by atoms with Crippen LogP contribution in [0.2, 0.25) is 0 Å². The number of nitrogens with zero attached hydrogens (tertiary/aromatic N) is 2. The van der Waals surface area contributed by atoms with Crippen molar-refractivity contribution in [1.82, 2.24) is 4.98 Å². The van der Waals surface area contributed by atoms with Crippen molar-refractivity contribution in [1.29, 1.82) is 0 Å². The van der Waals surface area contributed by atoms with Gasteiger partial charge in [-0.3, -0.25) is 4.79 Å². The summed E-state index contributed by atoms with van der Waals surface area (Å²) in [6, 6.07) is 13.6. The standard InChI is InChI=1S/C25H29N3O3/c1-17-13-24(28-11-5-4-6-12-28)27-21-9-8-19(16-20(17)21)26-25(29)15-18-7-10-22(30-2)23(14-18)31-3/h7-10,13-14,16H,4-6,11-12,15H2,1-3H3,(H,26,29). The Morgan fingerprint density at radius 1 is 1.00 bits per heavy atom. The van der Waals surface area contributed by atoms with Crippen LogP contribution in [0.25, 0.3) is 10.9 Å². The number of hydrogen-bond acceptors (Lipinski definition) is 5. The first kappa shape index (κ1) is 21.0. The maximum atomic E-state index is 12.6. The van der Waals surface area contributed by atoms with Gasteiger partial charge in [0.2, 0.25) is 5.91 Å². The number of nitrogens with one attached hydrogen (secondary N) is 1. The Bertz CT molecular complexity index is 1090. The maximum Gasteiger partial charge on any atom is 0.228 e. The van der Waals surface area contributed by atoms with Crippen LogP contribution in [0.4, 0.5) is 11.5 Å². The summed E-state index contributed by atoms with van der Waals surface area (Å²) in [6.07, 6.45) is 4.01. The number of ether oxygens (including phenoxy) is 2. The van der Waals surface area contributed by atoms with Crippen LogP contribution in [0.1, 0.15) is 30.4 Å². The molecule has 6 heteroatoms.